The smallest absolute Gasteiger partial charge is 0.380 e. The molecule has 0 saturated carbocycles. The number of anilines is 2. The Kier molecular flexibility index (Phi) is 6.89. The van der Waals surface area contributed by atoms with E-state index in [0.717, 1.165) is 23.8 Å². The lowest BCUT2D eigenvalue weighted by Gasteiger charge is -2.13. The highest BCUT2D eigenvalue weighted by Crippen LogP contribution is 2.31. The summed E-state index contributed by atoms with van der Waals surface area (Å²) in [5, 5.41) is 5.30. The molecule has 0 unspecified atom stereocenters. The molecule has 0 aliphatic rings. The standard InChI is InChI=1S/C26H21F3N4O3/c1-3-23(34)30-19-8-5-9-20(14-19)33-22-11-10-16(15-36-2)12-21(22)31-25(33)32-24(35)17-6-4-7-18(13-17)26(27,28)29/h3-14H,1,15H2,2H3,(H,30,34)(H,31,32,35). The molecular formula is C26H21F3N4O3. The molecule has 0 radical (unpaired) electrons. The van der Waals surface area contributed by atoms with E-state index in [2.05, 4.69) is 22.2 Å². The highest BCUT2D eigenvalue weighted by Gasteiger charge is 2.31. The van der Waals surface area contributed by atoms with Crippen molar-refractivity contribution >= 4 is 34.5 Å². The third-order valence-corrected chi connectivity index (χ3v) is 5.26. The number of amides is 2. The van der Waals surface area contributed by atoms with Gasteiger partial charge in [0, 0.05) is 18.4 Å². The van der Waals surface area contributed by atoms with Crippen LogP contribution in [0, 0.1) is 0 Å². The van der Waals surface area contributed by atoms with Crippen molar-refractivity contribution in [3.63, 3.8) is 0 Å². The summed E-state index contributed by atoms with van der Waals surface area (Å²) < 4.78 is 46.2. The maximum absolute atomic E-state index is 13.1. The molecular weight excluding hydrogens is 473 g/mol. The number of carbonyl (C=O) groups is 2. The molecule has 0 bridgehead atoms. The van der Waals surface area contributed by atoms with Crippen LogP contribution >= 0.6 is 0 Å². The minimum atomic E-state index is -4.59. The zero-order valence-corrected chi connectivity index (χ0v) is 19.1. The number of benzene rings is 3. The van der Waals surface area contributed by atoms with Gasteiger partial charge in [0.15, 0.2) is 0 Å². The first-order valence-electron chi connectivity index (χ1n) is 10.7. The van der Waals surface area contributed by atoms with Gasteiger partial charge < -0.3 is 10.1 Å². The van der Waals surface area contributed by atoms with Crippen molar-refractivity contribution in [2.24, 2.45) is 0 Å². The predicted molar refractivity (Wildman–Crippen MR) is 130 cm³/mol. The molecule has 1 aromatic heterocycles. The quantitative estimate of drug-likeness (QED) is 0.329. The Bertz CT molecular complexity index is 1460. The van der Waals surface area contributed by atoms with E-state index in [4.69, 9.17) is 4.74 Å². The minimum Gasteiger partial charge on any atom is -0.380 e. The Hall–Kier alpha value is -4.44. The normalized spacial score (nSPS) is 11.3. The van der Waals surface area contributed by atoms with Crippen LogP contribution in [-0.2, 0) is 22.3 Å². The van der Waals surface area contributed by atoms with E-state index in [-0.39, 0.29) is 11.5 Å². The Balaban J connectivity index is 1.79. The number of aromatic nitrogens is 2. The number of hydrogen-bond donors (Lipinski definition) is 2. The van der Waals surface area contributed by atoms with E-state index in [9.17, 15) is 22.8 Å². The molecule has 3 aromatic carbocycles. The average Bonchev–Trinajstić information content (AvgIpc) is 3.20. The zero-order valence-electron chi connectivity index (χ0n) is 19.1. The summed E-state index contributed by atoms with van der Waals surface area (Å²) >= 11 is 0. The van der Waals surface area contributed by atoms with E-state index >= 15 is 0 Å². The summed E-state index contributed by atoms with van der Waals surface area (Å²) in [6, 6.07) is 16.4. The monoisotopic (exact) mass is 494 g/mol. The molecule has 0 fully saturated rings. The van der Waals surface area contributed by atoms with Gasteiger partial charge in [0.2, 0.25) is 11.9 Å². The Morgan fingerprint density at radius 3 is 2.56 bits per heavy atom. The molecule has 2 amide bonds. The van der Waals surface area contributed by atoms with Gasteiger partial charge in [-0.2, -0.15) is 13.2 Å². The van der Waals surface area contributed by atoms with Crippen molar-refractivity contribution in [2.45, 2.75) is 12.8 Å². The van der Waals surface area contributed by atoms with Crippen LogP contribution in [-0.4, -0.2) is 28.5 Å². The van der Waals surface area contributed by atoms with Crippen molar-refractivity contribution in [3.05, 3.63) is 96.1 Å². The molecule has 36 heavy (non-hydrogen) atoms. The van der Waals surface area contributed by atoms with Gasteiger partial charge in [-0.05, 0) is 60.2 Å². The fourth-order valence-corrected chi connectivity index (χ4v) is 3.65. The maximum atomic E-state index is 13.1. The molecule has 0 saturated heterocycles. The predicted octanol–water partition coefficient (Wildman–Crippen LogP) is 5.57. The van der Waals surface area contributed by atoms with E-state index in [1.807, 2.05) is 6.07 Å². The van der Waals surface area contributed by atoms with Crippen LogP contribution in [0.5, 0.6) is 0 Å². The molecule has 4 aromatic rings. The van der Waals surface area contributed by atoms with Crippen molar-refractivity contribution in [1.82, 2.24) is 9.55 Å². The topological polar surface area (TPSA) is 85.3 Å². The van der Waals surface area contributed by atoms with Crippen LogP contribution < -0.4 is 10.6 Å². The largest absolute Gasteiger partial charge is 0.416 e. The molecule has 0 aliphatic carbocycles. The van der Waals surface area contributed by atoms with E-state index in [1.165, 1.54) is 12.1 Å². The van der Waals surface area contributed by atoms with E-state index in [0.29, 0.717) is 29.0 Å². The maximum Gasteiger partial charge on any atom is 0.416 e. The number of alkyl halides is 3. The molecule has 4 rings (SSSR count). The summed E-state index contributed by atoms with van der Waals surface area (Å²) in [7, 11) is 1.56. The highest BCUT2D eigenvalue weighted by molar-refractivity contribution is 6.04. The fraction of sp³-hybridized carbons (Fsp3) is 0.115. The van der Waals surface area contributed by atoms with Crippen LogP contribution in [0.2, 0.25) is 0 Å². The van der Waals surface area contributed by atoms with Crippen LogP contribution in [0.25, 0.3) is 16.7 Å². The molecule has 0 atom stereocenters. The lowest BCUT2D eigenvalue weighted by molar-refractivity contribution is -0.137. The van der Waals surface area contributed by atoms with Crippen molar-refractivity contribution in [3.8, 4) is 5.69 Å². The highest BCUT2D eigenvalue weighted by atomic mass is 19.4. The Labute approximate surface area is 204 Å². The molecule has 0 aliphatic heterocycles. The van der Waals surface area contributed by atoms with Crippen molar-refractivity contribution in [1.29, 1.82) is 0 Å². The molecule has 7 nitrogen and oxygen atoms in total. The summed E-state index contributed by atoms with van der Waals surface area (Å²) in [5.74, 6) is -1.06. The molecule has 2 N–H and O–H groups in total. The first-order chi connectivity index (χ1) is 17.2. The number of fused-ring (bicyclic) bond motifs is 1. The van der Waals surface area contributed by atoms with Gasteiger partial charge in [0.1, 0.15) is 0 Å². The van der Waals surface area contributed by atoms with E-state index < -0.39 is 23.6 Å². The number of nitrogens with zero attached hydrogens (tertiary/aromatic N) is 2. The molecule has 10 heteroatoms. The third kappa shape index (κ3) is 5.28. The Morgan fingerprint density at radius 2 is 1.83 bits per heavy atom. The lowest BCUT2D eigenvalue weighted by atomic mass is 10.1. The first-order valence-corrected chi connectivity index (χ1v) is 10.7. The van der Waals surface area contributed by atoms with Gasteiger partial charge in [-0.25, -0.2) is 4.98 Å². The fourth-order valence-electron chi connectivity index (χ4n) is 3.65. The number of halogens is 3. The van der Waals surface area contributed by atoms with Gasteiger partial charge >= 0.3 is 6.18 Å². The van der Waals surface area contributed by atoms with Crippen molar-refractivity contribution in [2.75, 3.05) is 17.7 Å². The third-order valence-electron chi connectivity index (χ3n) is 5.26. The number of imidazole rings is 1. The number of methoxy groups -OCH3 is 1. The van der Waals surface area contributed by atoms with Crippen molar-refractivity contribution < 1.29 is 27.5 Å². The lowest BCUT2D eigenvalue weighted by Crippen LogP contribution is -2.17. The zero-order chi connectivity index (χ0) is 25.9. The van der Waals surface area contributed by atoms with Gasteiger partial charge in [0.25, 0.3) is 5.91 Å². The summed E-state index contributed by atoms with van der Waals surface area (Å²) in [4.78, 5) is 29.2. The number of ether oxygens (including phenoxy) is 1. The number of hydrogen-bond acceptors (Lipinski definition) is 4. The van der Waals surface area contributed by atoms with Gasteiger partial charge in [-0.15, -0.1) is 0 Å². The Morgan fingerprint density at radius 1 is 1.06 bits per heavy atom. The van der Waals surface area contributed by atoms with E-state index in [1.54, 1.807) is 48.1 Å². The summed E-state index contributed by atoms with van der Waals surface area (Å²) in [6.45, 7) is 3.78. The second kappa shape index (κ2) is 10.0. The van der Waals surface area contributed by atoms with Gasteiger partial charge in [-0.1, -0.05) is 24.8 Å². The second-order valence-corrected chi connectivity index (χ2v) is 7.80. The van der Waals surface area contributed by atoms with Crippen LogP contribution in [0.3, 0.4) is 0 Å². The summed E-state index contributed by atoms with van der Waals surface area (Å²) in [5.41, 5.74) is 1.93. The van der Waals surface area contributed by atoms with Crippen LogP contribution in [0.1, 0.15) is 21.5 Å². The molecule has 0 spiro atoms. The number of carbonyl (C=O) groups excluding carboxylic acids is 2. The molecule has 184 valence electrons. The number of nitrogens with one attached hydrogen (secondary N) is 2. The first kappa shape index (κ1) is 24.7. The number of rotatable bonds is 7. The van der Waals surface area contributed by atoms with Gasteiger partial charge in [0.05, 0.1) is 28.9 Å². The average molecular weight is 494 g/mol. The second-order valence-electron chi connectivity index (χ2n) is 7.80. The summed E-state index contributed by atoms with van der Waals surface area (Å²) in [6.07, 6.45) is -3.45. The van der Waals surface area contributed by atoms with Crippen LogP contribution in [0.15, 0.2) is 79.4 Å². The van der Waals surface area contributed by atoms with Crippen LogP contribution in [0.4, 0.5) is 24.8 Å². The minimum absolute atomic E-state index is 0.0918. The SMILES string of the molecule is C=CC(=O)Nc1cccc(-n2c(NC(=O)c3cccc(C(F)(F)F)c3)nc3cc(COC)ccc32)c1. The van der Waals surface area contributed by atoms with Gasteiger partial charge in [-0.3, -0.25) is 19.5 Å². The molecule has 1 heterocycles.